The van der Waals surface area contributed by atoms with Crippen LogP contribution in [0, 0.1) is 0 Å². The summed E-state index contributed by atoms with van der Waals surface area (Å²) in [6.45, 7) is 4.80. The Morgan fingerprint density at radius 2 is 1.18 bits per heavy atom. The minimum atomic E-state index is -1.62. The third kappa shape index (κ3) is 9.51. The predicted octanol–water partition coefficient (Wildman–Crippen LogP) is 0.191. The van der Waals surface area contributed by atoms with Gasteiger partial charge in [0.15, 0.2) is 30.7 Å². The zero-order chi connectivity index (χ0) is 32.6. The Bertz CT molecular complexity index is 1170. The van der Waals surface area contributed by atoms with Crippen molar-refractivity contribution in [2.24, 2.45) is 0 Å². The first-order chi connectivity index (χ1) is 20.8. The van der Waals surface area contributed by atoms with Gasteiger partial charge in [0, 0.05) is 34.6 Å². The van der Waals surface area contributed by atoms with Gasteiger partial charge in [-0.25, -0.2) is 0 Å². The molecule has 244 valence electrons. The maximum absolute atomic E-state index is 12.0. The lowest BCUT2D eigenvalue weighted by Crippen LogP contribution is -2.63. The second kappa shape index (κ2) is 15.7. The number of rotatable bonds is 11. The number of carbonyl (C=O) groups is 5. The minimum absolute atomic E-state index is 0.261. The first-order valence-electron chi connectivity index (χ1n) is 13.5. The fourth-order valence-electron chi connectivity index (χ4n) is 4.60. The predicted molar refractivity (Wildman–Crippen MR) is 142 cm³/mol. The van der Waals surface area contributed by atoms with Crippen molar-refractivity contribution in [3.8, 4) is 11.5 Å². The van der Waals surface area contributed by atoms with E-state index in [1.165, 1.54) is 7.11 Å². The Kier molecular flexibility index (Phi) is 12.3. The van der Waals surface area contributed by atoms with Gasteiger partial charge in [-0.05, 0) is 24.3 Å². The molecule has 9 atom stereocenters. The van der Waals surface area contributed by atoms with Gasteiger partial charge in [-0.2, -0.15) is 0 Å². The van der Waals surface area contributed by atoms with E-state index in [4.69, 9.17) is 47.4 Å². The highest BCUT2D eigenvalue weighted by atomic mass is 16.8. The summed E-state index contributed by atoms with van der Waals surface area (Å²) in [5, 5.41) is 11.2. The van der Waals surface area contributed by atoms with Crippen molar-refractivity contribution in [3.05, 3.63) is 24.3 Å². The number of hydrogen-bond donors (Lipinski definition) is 1. The van der Waals surface area contributed by atoms with Crippen LogP contribution in [0.4, 0.5) is 0 Å². The van der Waals surface area contributed by atoms with Gasteiger partial charge in [-0.1, -0.05) is 0 Å². The summed E-state index contributed by atoms with van der Waals surface area (Å²) in [6.07, 6.45) is -12.4. The molecule has 0 aromatic heterocycles. The van der Waals surface area contributed by atoms with Crippen LogP contribution in [0.3, 0.4) is 0 Å². The van der Waals surface area contributed by atoms with Crippen LogP contribution in [0.25, 0.3) is 0 Å². The quantitative estimate of drug-likeness (QED) is 0.257. The Labute approximate surface area is 252 Å². The third-order valence-corrected chi connectivity index (χ3v) is 6.26. The zero-order valence-corrected chi connectivity index (χ0v) is 25.0. The summed E-state index contributed by atoms with van der Waals surface area (Å²) in [6, 6.07) is 6.32. The van der Waals surface area contributed by atoms with E-state index in [1.807, 2.05) is 0 Å². The molecule has 2 fully saturated rings. The molecule has 2 aliphatic rings. The van der Waals surface area contributed by atoms with Gasteiger partial charge in [-0.15, -0.1) is 0 Å². The molecule has 16 nitrogen and oxygen atoms in total. The van der Waals surface area contributed by atoms with Gasteiger partial charge in [0.2, 0.25) is 12.4 Å². The Morgan fingerprint density at radius 3 is 1.70 bits per heavy atom. The molecule has 3 rings (SSSR count). The zero-order valence-electron chi connectivity index (χ0n) is 25.0. The summed E-state index contributed by atoms with van der Waals surface area (Å²) >= 11 is 0. The number of esters is 5. The monoisotopic (exact) mass is 628 g/mol. The molecular weight excluding hydrogens is 592 g/mol. The smallest absolute Gasteiger partial charge is 0.303 e. The van der Waals surface area contributed by atoms with E-state index in [0.717, 1.165) is 34.6 Å². The molecule has 2 aliphatic heterocycles. The average molecular weight is 629 g/mol. The average Bonchev–Trinajstić information content (AvgIpc) is 2.93. The maximum atomic E-state index is 12.0. The number of methoxy groups -OCH3 is 1. The second-order valence-corrected chi connectivity index (χ2v) is 9.81. The summed E-state index contributed by atoms with van der Waals surface area (Å²) in [4.78, 5) is 59.3. The van der Waals surface area contributed by atoms with E-state index in [9.17, 15) is 29.1 Å². The maximum Gasteiger partial charge on any atom is 0.303 e. The first-order valence-corrected chi connectivity index (χ1v) is 13.5. The van der Waals surface area contributed by atoms with Crippen LogP contribution in [-0.2, 0) is 61.9 Å². The molecule has 0 amide bonds. The first kappa shape index (κ1) is 34.5. The second-order valence-electron chi connectivity index (χ2n) is 9.81. The number of ether oxygens (including phenoxy) is 10. The van der Waals surface area contributed by atoms with Crippen molar-refractivity contribution in [2.45, 2.75) is 89.9 Å². The van der Waals surface area contributed by atoms with E-state index >= 15 is 0 Å². The van der Waals surface area contributed by atoms with E-state index in [-0.39, 0.29) is 12.4 Å². The number of hydrogen-bond acceptors (Lipinski definition) is 16. The molecule has 2 heterocycles. The van der Waals surface area contributed by atoms with Crippen LogP contribution in [0.15, 0.2) is 24.3 Å². The van der Waals surface area contributed by atoms with Crippen LogP contribution in [-0.4, -0.2) is 111 Å². The van der Waals surface area contributed by atoms with Crippen molar-refractivity contribution in [1.82, 2.24) is 0 Å². The largest absolute Gasteiger partial charge is 0.497 e. The highest BCUT2D eigenvalue weighted by Gasteiger charge is 2.52. The van der Waals surface area contributed by atoms with Crippen LogP contribution in [0.1, 0.15) is 34.6 Å². The normalized spacial score (nSPS) is 29.8. The highest BCUT2D eigenvalue weighted by Crippen LogP contribution is 2.31. The van der Waals surface area contributed by atoms with E-state index in [0.29, 0.717) is 5.75 Å². The molecule has 2 saturated heterocycles. The number of aliphatic hydroxyl groups excluding tert-OH is 1. The molecule has 16 heteroatoms. The van der Waals surface area contributed by atoms with Gasteiger partial charge in [-0.3, -0.25) is 24.0 Å². The Hall–Kier alpha value is -3.99. The minimum Gasteiger partial charge on any atom is -0.497 e. The van der Waals surface area contributed by atoms with Crippen LogP contribution < -0.4 is 9.47 Å². The molecule has 1 aromatic rings. The van der Waals surface area contributed by atoms with Crippen LogP contribution >= 0.6 is 0 Å². The number of carbonyl (C=O) groups excluding carboxylic acids is 5. The lowest BCUT2D eigenvalue weighted by molar-refractivity contribution is -0.312. The van der Waals surface area contributed by atoms with Crippen molar-refractivity contribution in [3.63, 3.8) is 0 Å². The fourth-order valence-corrected chi connectivity index (χ4v) is 4.60. The van der Waals surface area contributed by atoms with Crippen molar-refractivity contribution < 1.29 is 76.4 Å². The van der Waals surface area contributed by atoms with Crippen molar-refractivity contribution >= 4 is 29.8 Å². The lowest BCUT2D eigenvalue weighted by Gasteiger charge is -2.44. The Morgan fingerprint density at radius 1 is 0.705 bits per heavy atom. The van der Waals surface area contributed by atoms with Gasteiger partial charge in [0.05, 0.1) is 20.3 Å². The van der Waals surface area contributed by atoms with Crippen LogP contribution in [0.2, 0.25) is 0 Å². The van der Waals surface area contributed by atoms with Gasteiger partial charge < -0.3 is 52.5 Å². The van der Waals surface area contributed by atoms with Gasteiger partial charge in [0.25, 0.3) is 0 Å². The molecule has 0 unspecified atom stereocenters. The standard InChI is InChI=1S/C28H36O16/c1-13(29)38-21-12-37-27(25(41-16(4)32)23(21)39-14(2)30)36-11-20-22(34)24(40-15(3)31)26(42-17(5)33)28(44-20)43-19-9-7-18(35-6)8-10-19/h7-10,20-28,34H,11-12H2,1-6H3/t20-,21+,22-,23+,24+,25-,26-,27-,28-/m1/s1. The van der Waals surface area contributed by atoms with Crippen molar-refractivity contribution in [2.75, 3.05) is 20.3 Å². The van der Waals surface area contributed by atoms with Crippen molar-refractivity contribution in [1.29, 1.82) is 0 Å². The lowest BCUT2D eigenvalue weighted by atomic mass is 9.98. The number of aliphatic hydroxyl groups is 1. The summed E-state index contributed by atoms with van der Waals surface area (Å²) < 4.78 is 55.0. The molecule has 44 heavy (non-hydrogen) atoms. The van der Waals surface area contributed by atoms with E-state index in [2.05, 4.69) is 0 Å². The summed E-state index contributed by atoms with van der Waals surface area (Å²) in [7, 11) is 1.49. The van der Waals surface area contributed by atoms with Gasteiger partial charge in [0.1, 0.15) is 23.7 Å². The SMILES string of the molecule is COc1ccc(O[C@@H]2O[C@H](CO[C@@H]3OC[C@H](OC(C)=O)[C@H](OC(C)=O)[C@H]3OC(C)=O)[C@@H](O)[C@H](OC(C)=O)[C@H]2OC(C)=O)cc1. The third-order valence-electron chi connectivity index (χ3n) is 6.26. The van der Waals surface area contributed by atoms with Gasteiger partial charge >= 0.3 is 29.8 Å². The summed E-state index contributed by atoms with van der Waals surface area (Å²) in [5.41, 5.74) is 0. The number of benzene rings is 1. The molecule has 0 radical (unpaired) electrons. The van der Waals surface area contributed by atoms with E-state index in [1.54, 1.807) is 24.3 Å². The molecule has 1 N–H and O–H groups in total. The molecule has 0 saturated carbocycles. The summed E-state index contributed by atoms with van der Waals surface area (Å²) in [5.74, 6) is -2.99. The fraction of sp³-hybridized carbons (Fsp3) is 0.607. The Balaban J connectivity index is 1.87. The van der Waals surface area contributed by atoms with E-state index < -0.39 is 91.8 Å². The van der Waals surface area contributed by atoms with Crippen LogP contribution in [0.5, 0.6) is 11.5 Å². The molecule has 0 spiro atoms. The highest BCUT2D eigenvalue weighted by molar-refractivity contribution is 5.69. The molecule has 1 aromatic carbocycles. The molecule has 0 aliphatic carbocycles. The molecule has 0 bridgehead atoms. The molecular formula is C28H36O16. The topological polar surface area (TPSA) is 198 Å².